The van der Waals surface area contributed by atoms with Gasteiger partial charge in [0.15, 0.2) is 0 Å². The lowest BCUT2D eigenvalue weighted by atomic mass is 9.84. The van der Waals surface area contributed by atoms with Crippen molar-refractivity contribution < 1.29 is 4.21 Å². The molecule has 4 atom stereocenters. The molecule has 0 aromatic heterocycles. The first-order valence-electron chi connectivity index (χ1n) is 8.85. The number of hydrogen-bond acceptors (Lipinski definition) is 2. The summed E-state index contributed by atoms with van der Waals surface area (Å²) in [5, 5.41) is 4.10. The molecule has 0 bridgehead atoms. The van der Waals surface area contributed by atoms with E-state index in [1.54, 1.807) is 0 Å². The van der Waals surface area contributed by atoms with Crippen LogP contribution in [0.1, 0.15) is 71.6 Å². The Kier molecular flexibility index (Phi) is 7.03. The smallest absolute Gasteiger partial charge is 0.0503 e. The summed E-state index contributed by atoms with van der Waals surface area (Å²) in [4.78, 5) is 0. The van der Waals surface area contributed by atoms with Crippen molar-refractivity contribution in [2.45, 2.75) is 82.9 Å². The second kappa shape index (κ2) is 8.53. The molecule has 2 aliphatic carbocycles. The predicted octanol–water partition coefficient (Wildman–Crippen LogP) is 3.87. The molecule has 0 spiro atoms. The second-order valence-electron chi connectivity index (χ2n) is 6.88. The summed E-state index contributed by atoms with van der Waals surface area (Å²) in [6, 6.07) is 0.514. The van der Waals surface area contributed by atoms with Crippen molar-refractivity contribution in [3.05, 3.63) is 0 Å². The normalized spacial score (nSPS) is 33.4. The van der Waals surface area contributed by atoms with Crippen molar-refractivity contribution >= 4 is 10.8 Å². The Bertz CT molecular complexity index is 301. The van der Waals surface area contributed by atoms with Crippen molar-refractivity contribution in [1.82, 2.24) is 5.32 Å². The van der Waals surface area contributed by atoms with Crippen molar-refractivity contribution in [2.24, 2.45) is 11.8 Å². The molecule has 0 amide bonds. The van der Waals surface area contributed by atoms with Gasteiger partial charge in [-0.25, -0.2) is 0 Å². The van der Waals surface area contributed by atoms with Crippen molar-refractivity contribution in [1.29, 1.82) is 0 Å². The minimum Gasteiger partial charge on any atom is -0.313 e. The molecule has 2 aliphatic rings. The van der Waals surface area contributed by atoms with E-state index < -0.39 is 10.8 Å². The molecule has 2 saturated carbocycles. The van der Waals surface area contributed by atoms with Gasteiger partial charge in [0.2, 0.25) is 0 Å². The summed E-state index contributed by atoms with van der Waals surface area (Å²) in [5.74, 6) is 2.54. The third-order valence-corrected chi connectivity index (χ3v) is 7.34. The highest BCUT2D eigenvalue weighted by molar-refractivity contribution is 7.85. The Morgan fingerprint density at radius 2 is 1.80 bits per heavy atom. The van der Waals surface area contributed by atoms with Gasteiger partial charge in [0, 0.05) is 22.6 Å². The maximum absolute atomic E-state index is 12.9. The first-order valence-corrected chi connectivity index (χ1v) is 10.2. The SMILES string of the molecule is CCCNC1CCC(CC)CC1S(=O)CC1CCCC1. The quantitative estimate of drug-likeness (QED) is 0.773. The van der Waals surface area contributed by atoms with Gasteiger partial charge in [-0.1, -0.05) is 33.1 Å². The Hall–Kier alpha value is 0.110. The van der Waals surface area contributed by atoms with Gasteiger partial charge in [-0.15, -0.1) is 0 Å². The standard InChI is InChI=1S/C17H33NOS/c1-3-11-18-16-10-9-14(4-2)12-17(16)20(19)13-15-7-5-6-8-15/h14-18H,3-13H2,1-2H3. The van der Waals surface area contributed by atoms with E-state index in [0.29, 0.717) is 11.3 Å². The molecular formula is C17H33NOS. The topological polar surface area (TPSA) is 29.1 Å². The van der Waals surface area contributed by atoms with Gasteiger partial charge in [0.05, 0.1) is 5.25 Å². The first-order chi connectivity index (χ1) is 9.74. The van der Waals surface area contributed by atoms with E-state index in [2.05, 4.69) is 19.2 Å². The molecular weight excluding hydrogens is 266 g/mol. The van der Waals surface area contributed by atoms with E-state index >= 15 is 0 Å². The van der Waals surface area contributed by atoms with Gasteiger partial charge in [-0.2, -0.15) is 0 Å². The molecule has 20 heavy (non-hydrogen) atoms. The second-order valence-corrected chi connectivity index (χ2v) is 8.58. The lowest BCUT2D eigenvalue weighted by Gasteiger charge is -2.36. The van der Waals surface area contributed by atoms with Crippen LogP contribution in [0.5, 0.6) is 0 Å². The van der Waals surface area contributed by atoms with Crippen LogP contribution < -0.4 is 5.32 Å². The zero-order valence-corrected chi connectivity index (χ0v) is 14.2. The Labute approximate surface area is 127 Å². The summed E-state index contributed by atoms with van der Waals surface area (Å²) < 4.78 is 12.9. The molecule has 0 radical (unpaired) electrons. The average Bonchev–Trinajstić information content (AvgIpc) is 2.97. The van der Waals surface area contributed by atoms with Crippen LogP contribution in [0.25, 0.3) is 0 Å². The lowest BCUT2D eigenvalue weighted by Crippen LogP contribution is -2.47. The fourth-order valence-electron chi connectivity index (χ4n) is 3.97. The lowest BCUT2D eigenvalue weighted by molar-refractivity contribution is 0.291. The summed E-state index contributed by atoms with van der Waals surface area (Å²) in [7, 11) is -0.615. The van der Waals surface area contributed by atoms with Crippen LogP contribution in [-0.2, 0) is 10.8 Å². The number of rotatable bonds is 7. The van der Waals surface area contributed by atoms with E-state index in [1.165, 1.54) is 57.8 Å². The summed E-state index contributed by atoms with van der Waals surface area (Å²) in [6.07, 6.45) is 11.6. The van der Waals surface area contributed by atoms with E-state index in [-0.39, 0.29) is 0 Å². The molecule has 4 unspecified atom stereocenters. The molecule has 0 saturated heterocycles. The van der Waals surface area contributed by atoms with Gasteiger partial charge >= 0.3 is 0 Å². The van der Waals surface area contributed by atoms with Crippen LogP contribution in [0, 0.1) is 11.8 Å². The Balaban J connectivity index is 1.91. The van der Waals surface area contributed by atoms with Gasteiger partial charge in [-0.05, 0) is 56.9 Å². The fraction of sp³-hybridized carbons (Fsp3) is 1.00. The van der Waals surface area contributed by atoms with Crippen LogP contribution in [0.4, 0.5) is 0 Å². The third-order valence-electron chi connectivity index (χ3n) is 5.35. The molecule has 0 aliphatic heterocycles. The summed E-state index contributed by atoms with van der Waals surface area (Å²) in [6.45, 7) is 5.59. The van der Waals surface area contributed by atoms with E-state index in [4.69, 9.17) is 0 Å². The largest absolute Gasteiger partial charge is 0.313 e. The van der Waals surface area contributed by atoms with Crippen molar-refractivity contribution in [2.75, 3.05) is 12.3 Å². The van der Waals surface area contributed by atoms with Gasteiger partial charge in [0.25, 0.3) is 0 Å². The minimum atomic E-state index is -0.615. The number of hydrogen-bond donors (Lipinski definition) is 1. The van der Waals surface area contributed by atoms with Crippen LogP contribution in [0.2, 0.25) is 0 Å². The molecule has 118 valence electrons. The molecule has 1 N–H and O–H groups in total. The highest BCUT2D eigenvalue weighted by Gasteiger charge is 2.34. The van der Waals surface area contributed by atoms with E-state index in [0.717, 1.165) is 24.1 Å². The first kappa shape index (κ1) is 16.5. The highest BCUT2D eigenvalue weighted by Crippen LogP contribution is 2.32. The number of nitrogens with one attached hydrogen (secondary N) is 1. The Morgan fingerprint density at radius 3 is 2.45 bits per heavy atom. The van der Waals surface area contributed by atoms with E-state index in [1.807, 2.05) is 0 Å². The van der Waals surface area contributed by atoms with Crippen molar-refractivity contribution in [3.63, 3.8) is 0 Å². The molecule has 0 heterocycles. The van der Waals surface area contributed by atoms with Crippen LogP contribution in [0.15, 0.2) is 0 Å². The van der Waals surface area contributed by atoms with Gasteiger partial charge < -0.3 is 5.32 Å². The monoisotopic (exact) mass is 299 g/mol. The van der Waals surface area contributed by atoms with Crippen LogP contribution in [-0.4, -0.2) is 27.8 Å². The maximum Gasteiger partial charge on any atom is 0.0503 e. The average molecular weight is 300 g/mol. The highest BCUT2D eigenvalue weighted by atomic mass is 32.2. The van der Waals surface area contributed by atoms with Crippen LogP contribution in [0.3, 0.4) is 0 Å². The molecule has 2 rings (SSSR count). The molecule has 3 heteroatoms. The van der Waals surface area contributed by atoms with Gasteiger partial charge in [-0.3, -0.25) is 4.21 Å². The Morgan fingerprint density at radius 1 is 1.05 bits per heavy atom. The zero-order valence-electron chi connectivity index (χ0n) is 13.4. The summed E-state index contributed by atoms with van der Waals surface area (Å²) >= 11 is 0. The fourth-order valence-corrected chi connectivity index (χ4v) is 6.10. The predicted molar refractivity (Wildman–Crippen MR) is 88.5 cm³/mol. The van der Waals surface area contributed by atoms with Crippen LogP contribution >= 0.6 is 0 Å². The minimum absolute atomic E-state index is 0.417. The van der Waals surface area contributed by atoms with Gasteiger partial charge in [0.1, 0.15) is 0 Å². The molecule has 2 fully saturated rings. The third kappa shape index (κ3) is 4.56. The molecule has 2 nitrogen and oxygen atoms in total. The van der Waals surface area contributed by atoms with Crippen molar-refractivity contribution in [3.8, 4) is 0 Å². The zero-order chi connectivity index (χ0) is 14.4. The molecule has 0 aromatic rings. The summed E-state index contributed by atoms with van der Waals surface area (Å²) in [5.41, 5.74) is 0. The molecule has 0 aromatic carbocycles. The maximum atomic E-state index is 12.9. The van der Waals surface area contributed by atoms with E-state index in [9.17, 15) is 4.21 Å².